The van der Waals surface area contributed by atoms with Gasteiger partial charge in [0, 0.05) is 12.6 Å². The zero-order chi connectivity index (χ0) is 28.7. The Balaban J connectivity index is 1.48. The van der Waals surface area contributed by atoms with Crippen molar-refractivity contribution in [2.24, 2.45) is 7.05 Å². The molecule has 0 saturated carbocycles. The van der Waals surface area contributed by atoms with Crippen LogP contribution in [-0.4, -0.2) is 44.8 Å². The Labute approximate surface area is 233 Å². The van der Waals surface area contributed by atoms with Gasteiger partial charge in [-0.05, 0) is 38.1 Å². The highest BCUT2D eigenvalue weighted by Crippen LogP contribution is 2.22. The molecule has 0 aliphatic carbocycles. The number of carbonyl (C=O) groups is 1. The molecule has 1 atom stereocenters. The molecule has 0 bridgehead atoms. The van der Waals surface area contributed by atoms with Crippen LogP contribution in [0.5, 0.6) is 0 Å². The van der Waals surface area contributed by atoms with Gasteiger partial charge < -0.3 is 11.1 Å². The van der Waals surface area contributed by atoms with E-state index in [2.05, 4.69) is 37.3 Å². The third kappa shape index (κ3) is 4.45. The maximum Gasteiger partial charge on any atom is 0.267 e. The van der Waals surface area contributed by atoms with Crippen molar-refractivity contribution in [3.63, 3.8) is 0 Å². The molecule has 6 aromatic rings. The fourth-order valence-corrected chi connectivity index (χ4v) is 4.60. The first kappa shape index (κ1) is 25.4. The molecular weight excluding hydrogens is 520 g/mol. The molecular formula is C29H24N10O2. The summed E-state index contributed by atoms with van der Waals surface area (Å²) in [5.74, 6) is 6.10. The molecule has 0 aliphatic rings. The normalized spacial score (nSPS) is 11.8. The summed E-state index contributed by atoms with van der Waals surface area (Å²) in [4.78, 5) is 40.5. The van der Waals surface area contributed by atoms with Crippen LogP contribution in [-0.2, 0) is 7.05 Å². The zero-order valence-electron chi connectivity index (χ0n) is 22.4. The molecule has 2 aromatic carbocycles. The van der Waals surface area contributed by atoms with E-state index in [1.807, 2.05) is 32.2 Å². The molecule has 12 heteroatoms. The van der Waals surface area contributed by atoms with Gasteiger partial charge in [-0.3, -0.25) is 18.8 Å². The topological polar surface area (TPSA) is 151 Å². The standard InChI is InChI=1S/C29H24N10O2/c1-17(34-28(40)24-25(30)36-38-16-31-15-32-27(24)38)26-35-22-11-7-8-19(12-13-20-14-33-37(3)18(20)2)23(22)29(41)39(26)21-9-5-4-6-10-21/h4-11,14-17H,1-3H3,(H2,30,36)(H,34,40)/t17-/m0/s1. The first-order chi connectivity index (χ1) is 19.8. The van der Waals surface area contributed by atoms with Gasteiger partial charge >= 0.3 is 0 Å². The molecule has 41 heavy (non-hydrogen) atoms. The predicted molar refractivity (Wildman–Crippen MR) is 152 cm³/mol. The Morgan fingerprint density at radius 3 is 2.61 bits per heavy atom. The number of nitrogens with zero attached hydrogens (tertiary/aromatic N) is 8. The molecule has 0 radical (unpaired) electrons. The highest BCUT2D eigenvalue weighted by atomic mass is 16.2. The second-order valence-corrected chi connectivity index (χ2v) is 9.40. The molecule has 202 valence electrons. The van der Waals surface area contributed by atoms with E-state index in [-0.39, 0.29) is 22.6 Å². The van der Waals surface area contributed by atoms with Crippen LogP contribution in [0.1, 0.15) is 46.0 Å². The van der Waals surface area contributed by atoms with Crippen LogP contribution < -0.4 is 16.6 Å². The monoisotopic (exact) mass is 544 g/mol. The number of amides is 1. The van der Waals surface area contributed by atoms with Crippen molar-refractivity contribution in [2.75, 3.05) is 5.73 Å². The van der Waals surface area contributed by atoms with Crippen molar-refractivity contribution in [1.82, 2.24) is 44.2 Å². The summed E-state index contributed by atoms with van der Waals surface area (Å²) in [7, 11) is 1.85. The Bertz CT molecular complexity index is 2080. The second kappa shape index (κ2) is 10.0. The van der Waals surface area contributed by atoms with Crippen molar-refractivity contribution >= 4 is 28.3 Å². The summed E-state index contributed by atoms with van der Waals surface area (Å²) in [6.45, 7) is 3.68. The predicted octanol–water partition coefficient (Wildman–Crippen LogP) is 2.34. The fraction of sp³-hybridized carbons (Fsp3) is 0.138. The molecule has 0 fully saturated rings. The number of fused-ring (bicyclic) bond motifs is 2. The van der Waals surface area contributed by atoms with Crippen LogP contribution >= 0.6 is 0 Å². The van der Waals surface area contributed by atoms with Crippen molar-refractivity contribution in [2.45, 2.75) is 19.9 Å². The summed E-state index contributed by atoms with van der Waals surface area (Å²) >= 11 is 0. The lowest BCUT2D eigenvalue weighted by Crippen LogP contribution is -2.33. The molecule has 4 aromatic heterocycles. The van der Waals surface area contributed by atoms with Gasteiger partial charge in [0.1, 0.15) is 24.0 Å². The van der Waals surface area contributed by atoms with Gasteiger partial charge in [-0.25, -0.2) is 19.5 Å². The van der Waals surface area contributed by atoms with Gasteiger partial charge in [-0.15, -0.1) is 5.10 Å². The molecule has 1 amide bonds. The number of nitrogens with one attached hydrogen (secondary N) is 1. The maximum absolute atomic E-state index is 14.2. The quantitative estimate of drug-likeness (QED) is 0.321. The highest BCUT2D eigenvalue weighted by Gasteiger charge is 2.25. The van der Waals surface area contributed by atoms with Gasteiger partial charge in [0.05, 0.1) is 40.1 Å². The minimum atomic E-state index is -0.705. The van der Waals surface area contributed by atoms with E-state index in [1.165, 1.54) is 21.7 Å². The number of aryl methyl sites for hydroxylation is 1. The number of aromatic nitrogens is 8. The van der Waals surface area contributed by atoms with Gasteiger partial charge in [0.2, 0.25) is 0 Å². The molecule has 6 rings (SSSR count). The number of nitrogen functional groups attached to an aromatic ring is 1. The van der Waals surface area contributed by atoms with Crippen LogP contribution in [0.15, 0.2) is 72.2 Å². The summed E-state index contributed by atoms with van der Waals surface area (Å²) in [5.41, 5.74) is 9.37. The smallest absolute Gasteiger partial charge is 0.267 e. The minimum Gasteiger partial charge on any atom is -0.381 e. The fourth-order valence-electron chi connectivity index (χ4n) is 4.60. The average molecular weight is 545 g/mol. The first-order valence-corrected chi connectivity index (χ1v) is 12.7. The van der Waals surface area contributed by atoms with Crippen LogP contribution in [0, 0.1) is 18.8 Å². The van der Waals surface area contributed by atoms with Gasteiger partial charge in [-0.2, -0.15) is 5.10 Å². The SMILES string of the molecule is Cc1c(C#Cc2cccc3nc([C@H](C)NC(=O)c4c(N)nn5cncnc45)n(-c4ccccc4)c(=O)c23)cnn1C. The van der Waals surface area contributed by atoms with E-state index >= 15 is 0 Å². The summed E-state index contributed by atoms with van der Waals surface area (Å²) in [5, 5.41) is 11.6. The van der Waals surface area contributed by atoms with Crippen LogP contribution in [0.25, 0.3) is 22.2 Å². The van der Waals surface area contributed by atoms with E-state index in [9.17, 15) is 9.59 Å². The molecule has 0 saturated heterocycles. The van der Waals surface area contributed by atoms with Crippen LogP contribution in [0.4, 0.5) is 5.82 Å². The second-order valence-electron chi connectivity index (χ2n) is 9.40. The summed E-state index contributed by atoms with van der Waals surface area (Å²) in [6.07, 6.45) is 4.41. The Hall–Kier alpha value is -5.83. The number of hydrogen-bond acceptors (Lipinski definition) is 8. The van der Waals surface area contributed by atoms with Crippen molar-refractivity contribution in [3.8, 4) is 17.5 Å². The number of nitrogens with two attached hydrogens (primary N) is 1. The van der Waals surface area contributed by atoms with Crippen molar-refractivity contribution < 1.29 is 4.79 Å². The van der Waals surface area contributed by atoms with Crippen LogP contribution in [0.2, 0.25) is 0 Å². The van der Waals surface area contributed by atoms with Crippen LogP contribution in [0.3, 0.4) is 0 Å². The maximum atomic E-state index is 14.2. The average Bonchev–Trinajstić information content (AvgIpc) is 3.49. The summed E-state index contributed by atoms with van der Waals surface area (Å²) in [6, 6.07) is 13.8. The number of benzene rings is 2. The van der Waals surface area contributed by atoms with E-state index in [0.29, 0.717) is 28.0 Å². The van der Waals surface area contributed by atoms with E-state index < -0.39 is 11.9 Å². The largest absolute Gasteiger partial charge is 0.381 e. The molecule has 0 unspecified atom stereocenters. The van der Waals surface area contributed by atoms with Gasteiger partial charge in [-0.1, -0.05) is 36.1 Å². The number of anilines is 1. The molecule has 3 N–H and O–H groups in total. The van der Waals surface area contributed by atoms with Crippen molar-refractivity contribution in [1.29, 1.82) is 0 Å². The molecule has 0 aliphatic heterocycles. The first-order valence-electron chi connectivity index (χ1n) is 12.7. The summed E-state index contributed by atoms with van der Waals surface area (Å²) < 4.78 is 4.57. The van der Waals surface area contributed by atoms with E-state index in [0.717, 1.165) is 11.3 Å². The number of para-hydroxylation sites is 1. The number of carbonyl (C=O) groups excluding carboxylic acids is 1. The lowest BCUT2D eigenvalue weighted by atomic mass is 10.1. The third-order valence-electron chi connectivity index (χ3n) is 6.80. The highest BCUT2D eigenvalue weighted by molar-refractivity contribution is 6.04. The lowest BCUT2D eigenvalue weighted by molar-refractivity contribution is 0.0940. The number of hydrogen-bond donors (Lipinski definition) is 2. The Morgan fingerprint density at radius 2 is 1.85 bits per heavy atom. The van der Waals surface area contributed by atoms with Gasteiger partial charge in [0.15, 0.2) is 11.5 Å². The van der Waals surface area contributed by atoms with E-state index in [1.54, 1.807) is 48.1 Å². The molecule has 0 spiro atoms. The lowest BCUT2D eigenvalue weighted by Gasteiger charge is -2.20. The number of rotatable bonds is 4. The zero-order valence-corrected chi connectivity index (χ0v) is 22.4. The Morgan fingerprint density at radius 1 is 1.07 bits per heavy atom. The Kier molecular flexibility index (Phi) is 6.24. The van der Waals surface area contributed by atoms with Gasteiger partial charge in [0.25, 0.3) is 11.5 Å². The minimum absolute atomic E-state index is 0.00851. The van der Waals surface area contributed by atoms with Crippen molar-refractivity contribution in [3.05, 3.63) is 106 Å². The third-order valence-corrected chi connectivity index (χ3v) is 6.80. The molecule has 12 nitrogen and oxygen atoms in total. The van der Waals surface area contributed by atoms with E-state index in [4.69, 9.17) is 10.7 Å². The molecule has 4 heterocycles.